The van der Waals surface area contributed by atoms with E-state index >= 15 is 0 Å². The smallest absolute Gasteiger partial charge is 0.256 e. The van der Waals surface area contributed by atoms with Crippen LogP contribution in [0.1, 0.15) is 70.8 Å². The zero-order valence-electron chi connectivity index (χ0n) is 19.3. The molecule has 5 rings (SSSR count). The van der Waals surface area contributed by atoms with Gasteiger partial charge in [0.2, 0.25) is 10.0 Å². The lowest BCUT2D eigenvalue weighted by Crippen LogP contribution is -2.54. The van der Waals surface area contributed by atoms with Crippen molar-refractivity contribution >= 4 is 15.9 Å². The predicted molar refractivity (Wildman–Crippen MR) is 123 cm³/mol. The Morgan fingerprint density at radius 2 is 1.88 bits per heavy atom. The number of hydroxylamine groups is 1. The second-order valence-corrected chi connectivity index (χ2v) is 12.9. The minimum Gasteiger partial charge on any atom is -0.296 e. The third-order valence-corrected chi connectivity index (χ3v) is 11.2. The third-order valence-electron chi connectivity index (χ3n) is 9.31. The molecule has 3 saturated carbocycles. The van der Waals surface area contributed by atoms with E-state index in [0.29, 0.717) is 12.5 Å². The molecule has 1 saturated heterocycles. The zero-order valence-corrected chi connectivity index (χ0v) is 20.1. The summed E-state index contributed by atoms with van der Waals surface area (Å²) in [5.74, 6) is 0.414. The van der Waals surface area contributed by atoms with E-state index in [1.165, 1.54) is 10.7 Å². The van der Waals surface area contributed by atoms with Crippen LogP contribution in [0.4, 0.5) is 0 Å². The lowest BCUT2D eigenvalue weighted by atomic mass is 9.69. The van der Waals surface area contributed by atoms with Crippen LogP contribution < -0.4 is 5.48 Å². The van der Waals surface area contributed by atoms with Gasteiger partial charge in [-0.25, -0.2) is 12.7 Å². The maximum absolute atomic E-state index is 13.9. The summed E-state index contributed by atoms with van der Waals surface area (Å²) in [7, 11) is -3.63. The molecule has 1 N–H and O–H groups in total. The highest BCUT2D eigenvalue weighted by molar-refractivity contribution is 7.90. The Hall–Kier alpha value is -1.44. The van der Waals surface area contributed by atoms with Crippen LogP contribution in [0.2, 0.25) is 0 Å². The Bertz CT molecular complexity index is 957. The Morgan fingerprint density at radius 1 is 1.16 bits per heavy atom. The fourth-order valence-electron chi connectivity index (χ4n) is 7.32. The normalized spacial score (nSPS) is 33.9. The van der Waals surface area contributed by atoms with Crippen LogP contribution in [0.5, 0.6) is 0 Å². The molecule has 7 heteroatoms. The molecule has 4 atom stereocenters. The number of benzene rings is 1. The van der Waals surface area contributed by atoms with Gasteiger partial charge in [0.25, 0.3) is 5.91 Å². The molecular weight excluding hydrogens is 424 g/mol. The number of carbonyl (C=O) groups is 1. The molecule has 0 radical (unpaired) electrons. The summed E-state index contributed by atoms with van der Waals surface area (Å²) in [5.41, 5.74) is 3.71. The van der Waals surface area contributed by atoms with E-state index in [-0.39, 0.29) is 34.4 Å². The molecule has 4 fully saturated rings. The van der Waals surface area contributed by atoms with Gasteiger partial charge in [0, 0.05) is 5.41 Å². The molecule has 1 spiro atoms. The van der Waals surface area contributed by atoms with E-state index in [2.05, 4.69) is 19.3 Å². The highest BCUT2D eigenvalue weighted by atomic mass is 32.2. The van der Waals surface area contributed by atoms with E-state index in [1.807, 2.05) is 30.3 Å². The summed E-state index contributed by atoms with van der Waals surface area (Å²) in [6.07, 6.45) is 7.96. The Labute approximate surface area is 192 Å². The minimum absolute atomic E-state index is 0.0443. The number of fused-ring (bicyclic) bond motifs is 1. The first kappa shape index (κ1) is 22.4. The summed E-state index contributed by atoms with van der Waals surface area (Å²) < 4.78 is 28.1. The largest absolute Gasteiger partial charge is 0.296 e. The maximum Gasteiger partial charge on any atom is 0.256 e. The van der Waals surface area contributed by atoms with E-state index in [9.17, 15) is 13.2 Å². The van der Waals surface area contributed by atoms with Gasteiger partial charge >= 0.3 is 0 Å². The minimum atomic E-state index is -3.63. The molecule has 2 bridgehead atoms. The standard InChI is InChI=1S/C25H36N2O4S/c1-24(2)20-13-14-25(24)17-32(29,30)27(21(25)15-20)23(28)22(19-11-7-4-8-12-19)26-31-16-18-9-5-3-6-10-18/h3,5-6,9-10,19-22,26H,4,7-8,11-17H2,1-2H3/t20?,21?,22-,25+/m1/s1. The summed E-state index contributed by atoms with van der Waals surface area (Å²) in [6, 6.07) is 9.00. The van der Waals surface area contributed by atoms with Gasteiger partial charge in [0.1, 0.15) is 6.04 Å². The van der Waals surface area contributed by atoms with Crippen LogP contribution in [0, 0.1) is 22.7 Å². The van der Waals surface area contributed by atoms with E-state index in [0.717, 1.165) is 50.5 Å². The fraction of sp³-hybridized carbons (Fsp3) is 0.720. The van der Waals surface area contributed by atoms with E-state index < -0.39 is 16.1 Å². The molecule has 32 heavy (non-hydrogen) atoms. The first-order valence-corrected chi connectivity index (χ1v) is 13.8. The molecule has 1 aromatic carbocycles. The molecule has 4 aliphatic rings. The van der Waals surface area contributed by atoms with Crippen LogP contribution in [0.3, 0.4) is 0 Å². The van der Waals surface area contributed by atoms with Crippen molar-refractivity contribution in [3.63, 3.8) is 0 Å². The Morgan fingerprint density at radius 3 is 2.56 bits per heavy atom. The quantitative estimate of drug-likeness (QED) is 0.649. The van der Waals surface area contributed by atoms with Crippen molar-refractivity contribution in [1.29, 1.82) is 0 Å². The Kier molecular flexibility index (Phi) is 5.66. The predicted octanol–water partition coefficient (Wildman–Crippen LogP) is 4.02. The topological polar surface area (TPSA) is 75.7 Å². The van der Waals surface area contributed by atoms with Gasteiger partial charge in [-0.2, -0.15) is 5.48 Å². The fourth-order valence-corrected chi connectivity index (χ4v) is 9.88. The highest BCUT2D eigenvalue weighted by Gasteiger charge is 2.72. The molecule has 1 amide bonds. The number of hydrogen-bond acceptors (Lipinski definition) is 5. The number of nitrogens with zero attached hydrogens (tertiary/aromatic N) is 1. The van der Waals surface area contributed by atoms with Crippen LogP contribution in [0.25, 0.3) is 0 Å². The Balaban J connectivity index is 1.39. The van der Waals surface area contributed by atoms with Gasteiger partial charge < -0.3 is 0 Å². The lowest BCUT2D eigenvalue weighted by molar-refractivity contribution is -0.139. The van der Waals surface area contributed by atoms with Crippen molar-refractivity contribution < 1.29 is 18.0 Å². The van der Waals surface area contributed by atoms with Crippen LogP contribution in [0.15, 0.2) is 30.3 Å². The zero-order chi connectivity index (χ0) is 22.6. The maximum atomic E-state index is 13.9. The summed E-state index contributed by atoms with van der Waals surface area (Å²) >= 11 is 0. The van der Waals surface area contributed by atoms with Crippen LogP contribution >= 0.6 is 0 Å². The summed E-state index contributed by atoms with van der Waals surface area (Å²) in [4.78, 5) is 19.7. The van der Waals surface area contributed by atoms with Crippen molar-refractivity contribution in [2.75, 3.05) is 5.75 Å². The van der Waals surface area contributed by atoms with Crippen molar-refractivity contribution in [1.82, 2.24) is 9.79 Å². The molecule has 3 aliphatic carbocycles. The average Bonchev–Trinajstić information content (AvgIpc) is 3.25. The van der Waals surface area contributed by atoms with Crippen molar-refractivity contribution in [2.24, 2.45) is 22.7 Å². The number of carbonyl (C=O) groups excluding carboxylic acids is 1. The number of amides is 1. The molecule has 1 heterocycles. The number of rotatable bonds is 6. The van der Waals surface area contributed by atoms with Crippen molar-refractivity contribution in [3.05, 3.63) is 35.9 Å². The van der Waals surface area contributed by atoms with Crippen LogP contribution in [-0.2, 0) is 26.3 Å². The number of nitrogens with one attached hydrogen (secondary N) is 1. The molecule has 176 valence electrons. The highest BCUT2D eigenvalue weighted by Crippen LogP contribution is 2.70. The molecule has 1 aromatic rings. The number of hydrogen-bond donors (Lipinski definition) is 1. The lowest BCUT2D eigenvalue weighted by Gasteiger charge is -2.38. The molecule has 1 aliphatic heterocycles. The average molecular weight is 461 g/mol. The summed E-state index contributed by atoms with van der Waals surface area (Å²) in [5, 5.41) is 0. The van der Waals surface area contributed by atoms with Crippen molar-refractivity contribution in [3.8, 4) is 0 Å². The van der Waals surface area contributed by atoms with Gasteiger partial charge in [-0.1, -0.05) is 63.4 Å². The van der Waals surface area contributed by atoms with Gasteiger partial charge in [-0.05, 0) is 54.9 Å². The van der Waals surface area contributed by atoms with Crippen molar-refractivity contribution in [2.45, 2.75) is 83.9 Å². The van der Waals surface area contributed by atoms with E-state index in [1.54, 1.807) is 0 Å². The first-order chi connectivity index (χ1) is 15.3. The molecule has 2 unspecified atom stereocenters. The van der Waals surface area contributed by atoms with Gasteiger partial charge in [-0.15, -0.1) is 0 Å². The molecule has 0 aromatic heterocycles. The van der Waals surface area contributed by atoms with Gasteiger partial charge in [0.15, 0.2) is 0 Å². The van der Waals surface area contributed by atoms with Gasteiger partial charge in [-0.3, -0.25) is 9.63 Å². The molecule has 6 nitrogen and oxygen atoms in total. The monoisotopic (exact) mass is 460 g/mol. The van der Waals surface area contributed by atoms with Gasteiger partial charge in [0.05, 0.1) is 18.4 Å². The number of sulfonamides is 1. The first-order valence-electron chi connectivity index (χ1n) is 12.2. The van der Waals surface area contributed by atoms with E-state index in [4.69, 9.17) is 4.84 Å². The van der Waals surface area contributed by atoms with Crippen LogP contribution in [-0.4, -0.2) is 36.5 Å². The second kappa shape index (κ2) is 8.10. The molecular formula is C25H36N2O4S. The summed E-state index contributed by atoms with van der Waals surface area (Å²) in [6.45, 7) is 4.77. The second-order valence-electron chi connectivity index (χ2n) is 11.0. The third kappa shape index (κ3) is 3.43. The SMILES string of the molecule is CC1(C)C2CC[C@@]13CS(=O)(=O)N(C(=O)[C@H](NOCc1ccccc1)C1CCCCC1)C3C2.